The lowest BCUT2D eigenvalue weighted by Crippen LogP contribution is -2.17. The summed E-state index contributed by atoms with van der Waals surface area (Å²) in [4.78, 5) is 23.1. The highest BCUT2D eigenvalue weighted by atomic mass is 16.6. The molecule has 7 heteroatoms. The first-order chi connectivity index (χ1) is 15.9. The average molecular weight is 438 g/mol. The maximum atomic E-state index is 12.5. The number of nitrogens with zero attached hydrogens (tertiary/aromatic N) is 3. The highest BCUT2D eigenvalue weighted by Crippen LogP contribution is 2.26. The molecule has 1 N–H and O–H groups in total. The van der Waals surface area contributed by atoms with Crippen molar-refractivity contribution in [2.75, 3.05) is 0 Å². The van der Waals surface area contributed by atoms with Crippen molar-refractivity contribution in [3.05, 3.63) is 117 Å². The summed E-state index contributed by atoms with van der Waals surface area (Å²) >= 11 is 0. The van der Waals surface area contributed by atoms with Gasteiger partial charge in [0.25, 0.3) is 11.6 Å². The summed E-state index contributed by atoms with van der Waals surface area (Å²) in [6.45, 7) is 3.71. The molecular formula is C26H22N4O3. The van der Waals surface area contributed by atoms with Crippen LogP contribution >= 0.6 is 0 Å². The van der Waals surface area contributed by atoms with Gasteiger partial charge in [0.2, 0.25) is 0 Å². The van der Waals surface area contributed by atoms with Gasteiger partial charge in [0.1, 0.15) is 0 Å². The van der Waals surface area contributed by atoms with Gasteiger partial charge in [-0.3, -0.25) is 14.9 Å². The van der Waals surface area contributed by atoms with E-state index in [0.717, 1.165) is 22.6 Å². The maximum absolute atomic E-state index is 12.5. The smallest absolute Gasteiger partial charge is 0.272 e. The third-order valence-corrected chi connectivity index (χ3v) is 5.34. The van der Waals surface area contributed by atoms with Crippen LogP contribution in [0.3, 0.4) is 0 Å². The number of amides is 1. The Morgan fingerprint density at radius 3 is 2.39 bits per heavy atom. The zero-order chi connectivity index (χ0) is 23.4. The number of benzene rings is 3. The minimum absolute atomic E-state index is 0.0102. The van der Waals surface area contributed by atoms with Crippen molar-refractivity contribution in [2.24, 2.45) is 5.10 Å². The molecule has 7 nitrogen and oxygen atoms in total. The van der Waals surface area contributed by atoms with Crippen molar-refractivity contribution < 1.29 is 9.72 Å². The van der Waals surface area contributed by atoms with Gasteiger partial charge in [-0.2, -0.15) is 5.10 Å². The van der Waals surface area contributed by atoms with E-state index in [1.165, 1.54) is 12.3 Å². The van der Waals surface area contributed by atoms with Gasteiger partial charge < -0.3 is 4.57 Å². The lowest BCUT2D eigenvalue weighted by Gasteiger charge is -2.12. The molecule has 4 aromatic rings. The first kappa shape index (κ1) is 21.7. The maximum Gasteiger partial charge on any atom is 0.272 e. The molecule has 0 aliphatic rings. The number of rotatable bonds is 6. The standard InChI is InChI=1S/C26H22N4O3/c1-18-8-10-20(16-25(18)30(32)33)17-27-28-26(31)22-11-13-23(14-12-22)29-19(2)9-15-24(29)21-6-4-3-5-7-21/h3-17H,1-2H3,(H,28,31)/b27-17+. The van der Waals surface area contributed by atoms with Gasteiger partial charge >= 0.3 is 0 Å². The van der Waals surface area contributed by atoms with Crippen LogP contribution in [0.25, 0.3) is 16.9 Å². The molecule has 0 aliphatic heterocycles. The summed E-state index contributed by atoms with van der Waals surface area (Å²) in [6, 6.07) is 26.3. The molecule has 0 fully saturated rings. The lowest BCUT2D eigenvalue weighted by atomic mass is 10.1. The van der Waals surface area contributed by atoms with Crippen LogP contribution in [0.2, 0.25) is 0 Å². The van der Waals surface area contributed by atoms with Crippen LogP contribution < -0.4 is 5.43 Å². The van der Waals surface area contributed by atoms with Gasteiger partial charge in [0.15, 0.2) is 0 Å². The zero-order valence-corrected chi connectivity index (χ0v) is 18.2. The van der Waals surface area contributed by atoms with Crippen LogP contribution in [0.5, 0.6) is 0 Å². The van der Waals surface area contributed by atoms with Crippen molar-refractivity contribution in [3.63, 3.8) is 0 Å². The Bertz CT molecular complexity index is 1340. The quantitative estimate of drug-likeness (QED) is 0.247. The van der Waals surface area contributed by atoms with Crippen LogP contribution in [0.1, 0.15) is 27.2 Å². The zero-order valence-electron chi connectivity index (χ0n) is 18.2. The molecule has 0 spiro atoms. The summed E-state index contributed by atoms with van der Waals surface area (Å²) in [6.07, 6.45) is 1.38. The Morgan fingerprint density at radius 1 is 0.970 bits per heavy atom. The van der Waals surface area contributed by atoms with E-state index in [1.54, 1.807) is 31.2 Å². The summed E-state index contributed by atoms with van der Waals surface area (Å²) < 4.78 is 2.14. The second-order valence-corrected chi connectivity index (χ2v) is 7.61. The number of aromatic nitrogens is 1. The van der Waals surface area contributed by atoms with Crippen LogP contribution in [0.4, 0.5) is 5.69 Å². The van der Waals surface area contributed by atoms with E-state index >= 15 is 0 Å². The Balaban J connectivity index is 1.49. The van der Waals surface area contributed by atoms with E-state index in [0.29, 0.717) is 16.7 Å². The summed E-state index contributed by atoms with van der Waals surface area (Å²) in [5.74, 6) is -0.369. The highest BCUT2D eigenvalue weighted by Gasteiger charge is 2.12. The summed E-state index contributed by atoms with van der Waals surface area (Å²) in [7, 11) is 0. The van der Waals surface area contributed by atoms with Crippen molar-refractivity contribution in [2.45, 2.75) is 13.8 Å². The van der Waals surface area contributed by atoms with Crippen LogP contribution in [0, 0.1) is 24.0 Å². The molecule has 0 aliphatic carbocycles. The van der Waals surface area contributed by atoms with Gasteiger partial charge in [-0.25, -0.2) is 5.43 Å². The van der Waals surface area contributed by atoms with Gasteiger partial charge in [-0.1, -0.05) is 42.5 Å². The van der Waals surface area contributed by atoms with E-state index in [9.17, 15) is 14.9 Å². The molecule has 3 aromatic carbocycles. The minimum Gasteiger partial charge on any atom is -0.314 e. The predicted octanol–water partition coefficient (Wildman–Crippen LogP) is 5.43. The summed E-state index contributed by atoms with van der Waals surface area (Å²) in [5.41, 5.74) is 8.24. The average Bonchev–Trinajstić information content (AvgIpc) is 3.22. The first-order valence-electron chi connectivity index (χ1n) is 10.4. The van der Waals surface area contributed by atoms with Crippen LogP contribution in [0.15, 0.2) is 90.0 Å². The minimum atomic E-state index is -0.442. The molecule has 33 heavy (non-hydrogen) atoms. The van der Waals surface area contributed by atoms with E-state index in [4.69, 9.17) is 0 Å². The predicted molar refractivity (Wildman–Crippen MR) is 129 cm³/mol. The molecular weight excluding hydrogens is 416 g/mol. The third kappa shape index (κ3) is 4.72. The fourth-order valence-electron chi connectivity index (χ4n) is 3.61. The molecule has 164 valence electrons. The number of nitro groups is 1. The fraction of sp³-hybridized carbons (Fsp3) is 0.0769. The van der Waals surface area contributed by atoms with Crippen molar-refractivity contribution in [1.29, 1.82) is 0 Å². The third-order valence-electron chi connectivity index (χ3n) is 5.34. The van der Waals surface area contributed by atoms with E-state index in [-0.39, 0.29) is 11.6 Å². The monoisotopic (exact) mass is 438 g/mol. The molecule has 0 bridgehead atoms. The second-order valence-electron chi connectivity index (χ2n) is 7.61. The number of carbonyl (C=O) groups excluding carboxylic acids is 1. The molecule has 1 heterocycles. The number of hydrogen-bond acceptors (Lipinski definition) is 4. The van der Waals surface area contributed by atoms with Gasteiger partial charge in [0, 0.05) is 34.1 Å². The fourth-order valence-corrected chi connectivity index (χ4v) is 3.61. The number of hydrogen-bond donors (Lipinski definition) is 1. The van der Waals surface area contributed by atoms with Gasteiger partial charge in [-0.05, 0) is 55.8 Å². The number of nitro benzene ring substituents is 1. The molecule has 0 atom stereocenters. The molecule has 1 aromatic heterocycles. The van der Waals surface area contributed by atoms with Gasteiger partial charge in [-0.15, -0.1) is 0 Å². The normalized spacial score (nSPS) is 11.0. The highest BCUT2D eigenvalue weighted by molar-refractivity contribution is 5.95. The molecule has 4 rings (SSSR count). The largest absolute Gasteiger partial charge is 0.314 e. The Kier molecular flexibility index (Phi) is 6.13. The lowest BCUT2D eigenvalue weighted by molar-refractivity contribution is -0.385. The molecule has 0 saturated heterocycles. The van der Waals surface area contributed by atoms with Crippen molar-refractivity contribution in [1.82, 2.24) is 9.99 Å². The second kappa shape index (κ2) is 9.32. The van der Waals surface area contributed by atoms with Gasteiger partial charge in [0.05, 0.1) is 16.8 Å². The summed E-state index contributed by atoms with van der Waals surface area (Å²) in [5, 5.41) is 15.0. The van der Waals surface area contributed by atoms with Crippen LogP contribution in [-0.4, -0.2) is 21.6 Å². The Labute approximate surface area is 191 Å². The molecule has 1 amide bonds. The van der Waals surface area contributed by atoms with E-state index in [1.807, 2.05) is 37.3 Å². The number of nitrogens with one attached hydrogen (secondary N) is 1. The van der Waals surface area contributed by atoms with E-state index < -0.39 is 4.92 Å². The SMILES string of the molecule is Cc1ccc(/C=N/NC(=O)c2ccc(-n3c(C)ccc3-c3ccccc3)cc2)cc1[N+](=O)[O-]. The Hall–Kier alpha value is -4.52. The molecule has 0 saturated carbocycles. The Morgan fingerprint density at radius 2 is 1.70 bits per heavy atom. The first-order valence-corrected chi connectivity index (χ1v) is 10.4. The number of carbonyl (C=O) groups is 1. The van der Waals surface area contributed by atoms with Crippen LogP contribution in [-0.2, 0) is 0 Å². The van der Waals surface area contributed by atoms with E-state index in [2.05, 4.69) is 39.4 Å². The topological polar surface area (TPSA) is 89.5 Å². The number of aryl methyl sites for hydroxylation is 2. The number of hydrazone groups is 1. The molecule has 0 radical (unpaired) electrons. The van der Waals surface area contributed by atoms with Crippen molar-refractivity contribution >= 4 is 17.8 Å². The van der Waals surface area contributed by atoms with Crippen molar-refractivity contribution in [3.8, 4) is 16.9 Å². The molecule has 0 unspecified atom stereocenters.